The van der Waals surface area contributed by atoms with Crippen LogP contribution in [0.3, 0.4) is 0 Å². The Balaban J connectivity index is 1.19. The van der Waals surface area contributed by atoms with Gasteiger partial charge in [0.1, 0.15) is 5.60 Å². The van der Waals surface area contributed by atoms with Crippen LogP contribution in [0.5, 0.6) is 0 Å². The van der Waals surface area contributed by atoms with Gasteiger partial charge in [0.2, 0.25) is 5.91 Å². The Bertz CT molecular complexity index is 1240. The van der Waals surface area contributed by atoms with Crippen LogP contribution in [-0.2, 0) is 36.4 Å². The number of halogens is 2. The van der Waals surface area contributed by atoms with E-state index in [1.165, 1.54) is 23.6 Å². The van der Waals surface area contributed by atoms with Gasteiger partial charge in [-0.15, -0.1) is 0 Å². The number of likely N-dealkylation sites (tertiary alicyclic amines) is 1. The molecule has 2 atom stereocenters. The molecule has 5 nitrogen and oxygen atoms in total. The lowest BCUT2D eigenvalue weighted by Gasteiger charge is -2.46. The van der Waals surface area contributed by atoms with E-state index in [4.69, 9.17) is 4.74 Å². The van der Waals surface area contributed by atoms with E-state index in [1.54, 1.807) is 6.07 Å². The molecule has 2 aromatic rings. The Morgan fingerprint density at radius 2 is 1.77 bits per heavy atom. The van der Waals surface area contributed by atoms with Crippen LogP contribution in [0.25, 0.3) is 0 Å². The SMILES string of the molecule is O=C(C1CCCCC1)N1CCO[C@](CCN2CCC3(CC2)c2ccccc2CS3=O)(c2ccc(F)c(F)c2)C1. The van der Waals surface area contributed by atoms with Crippen LogP contribution in [0.1, 0.15) is 68.1 Å². The molecule has 1 amide bonds. The van der Waals surface area contributed by atoms with Gasteiger partial charge < -0.3 is 14.5 Å². The normalized spacial score (nSPS) is 27.5. The summed E-state index contributed by atoms with van der Waals surface area (Å²) in [6.45, 7) is 3.59. The van der Waals surface area contributed by atoms with Gasteiger partial charge in [-0.2, -0.15) is 0 Å². The molecule has 0 radical (unpaired) electrons. The quantitative estimate of drug-likeness (QED) is 0.505. The first kappa shape index (κ1) is 27.0. The molecule has 3 fully saturated rings. The molecule has 2 aromatic carbocycles. The van der Waals surface area contributed by atoms with Crippen molar-refractivity contribution in [1.29, 1.82) is 0 Å². The number of ether oxygens (including phenoxy) is 1. The van der Waals surface area contributed by atoms with Crippen molar-refractivity contribution >= 4 is 16.7 Å². The largest absolute Gasteiger partial charge is 0.367 e. The zero-order chi connectivity index (χ0) is 27.0. The average molecular weight is 557 g/mol. The number of hydrogen-bond donors (Lipinski definition) is 0. The van der Waals surface area contributed by atoms with E-state index >= 15 is 0 Å². The first-order chi connectivity index (χ1) is 18.9. The van der Waals surface area contributed by atoms with E-state index in [0.29, 0.717) is 44.0 Å². The van der Waals surface area contributed by atoms with Gasteiger partial charge in [-0.1, -0.05) is 49.6 Å². The molecular formula is C31H38F2N2O3S. The minimum absolute atomic E-state index is 0.0490. The van der Waals surface area contributed by atoms with Gasteiger partial charge in [0.05, 0.1) is 17.9 Å². The predicted octanol–water partition coefficient (Wildman–Crippen LogP) is 5.24. The maximum absolute atomic E-state index is 14.4. The molecule has 3 heterocycles. The predicted molar refractivity (Wildman–Crippen MR) is 147 cm³/mol. The fraction of sp³-hybridized carbons (Fsp3) is 0.581. The lowest BCUT2D eigenvalue weighted by atomic mass is 9.84. The Morgan fingerprint density at radius 3 is 2.54 bits per heavy atom. The molecule has 6 rings (SSSR count). The molecule has 0 bridgehead atoms. The summed E-state index contributed by atoms with van der Waals surface area (Å²) in [6.07, 6.45) is 7.44. The van der Waals surface area contributed by atoms with E-state index in [1.807, 2.05) is 17.0 Å². The van der Waals surface area contributed by atoms with Crippen molar-refractivity contribution in [3.05, 3.63) is 70.8 Å². The zero-order valence-electron chi connectivity index (χ0n) is 22.5. The number of rotatable bonds is 5. The third kappa shape index (κ3) is 5.08. The van der Waals surface area contributed by atoms with Crippen LogP contribution < -0.4 is 0 Å². The van der Waals surface area contributed by atoms with Crippen LogP contribution >= 0.6 is 0 Å². The summed E-state index contributed by atoms with van der Waals surface area (Å²) < 4.78 is 47.7. The maximum atomic E-state index is 14.4. The van der Waals surface area contributed by atoms with Gasteiger partial charge >= 0.3 is 0 Å². The van der Waals surface area contributed by atoms with Crippen LogP contribution in [0.4, 0.5) is 8.78 Å². The van der Waals surface area contributed by atoms with Crippen molar-refractivity contribution in [2.45, 2.75) is 67.5 Å². The van der Waals surface area contributed by atoms with Crippen molar-refractivity contribution in [2.24, 2.45) is 5.92 Å². The van der Waals surface area contributed by atoms with Crippen LogP contribution in [0.15, 0.2) is 42.5 Å². The number of nitrogens with zero attached hydrogens (tertiary/aromatic N) is 2. The van der Waals surface area contributed by atoms with Crippen LogP contribution in [0.2, 0.25) is 0 Å². The van der Waals surface area contributed by atoms with Gasteiger partial charge in [0, 0.05) is 35.6 Å². The fourth-order valence-electron chi connectivity index (χ4n) is 7.30. The second kappa shape index (κ2) is 11.0. The molecule has 210 valence electrons. The third-order valence-corrected chi connectivity index (χ3v) is 11.7. The topological polar surface area (TPSA) is 49.9 Å². The summed E-state index contributed by atoms with van der Waals surface area (Å²) in [5, 5.41) is 0. The standard InChI is InChI=1S/C31H38F2N2O3S/c32-27-11-10-25(20-28(27)33)30(22-35(18-19-38-30)29(36)23-6-2-1-3-7-23)12-15-34-16-13-31(14-17-34)26-9-5-4-8-24(26)21-39(31)37/h4-5,8-11,20,23H,1-3,6-7,12-19,21-22H2/t30-,39?/m0/s1. The molecule has 2 saturated heterocycles. The Hall–Kier alpha value is -2.16. The number of morpholine rings is 1. The molecule has 8 heteroatoms. The number of hydrogen-bond acceptors (Lipinski definition) is 4. The van der Waals surface area contributed by atoms with Crippen LogP contribution in [0, 0.1) is 17.6 Å². The fourth-order valence-corrected chi connectivity index (χ4v) is 9.19. The Kier molecular flexibility index (Phi) is 7.64. The van der Waals surface area contributed by atoms with Gasteiger partial charge in [-0.3, -0.25) is 9.00 Å². The van der Waals surface area contributed by atoms with Crippen molar-refractivity contribution in [3.63, 3.8) is 0 Å². The minimum Gasteiger partial charge on any atom is -0.367 e. The first-order valence-corrected chi connectivity index (χ1v) is 15.8. The molecule has 1 spiro atoms. The third-order valence-electron chi connectivity index (χ3n) is 9.62. The maximum Gasteiger partial charge on any atom is 0.225 e. The van der Waals surface area contributed by atoms with Crippen molar-refractivity contribution in [2.75, 3.05) is 39.3 Å². The van der Waals surface area contributed by atoms with E-state index < -0.39 is 28.0 Å². The summed E-state index contributed by atoms with van der Waals surface area (Å²) in [5.41, 5.74) is 2.14. The van der Waals surface area contributed by atoms with E-state index in [2.05, 4.69) is 17.0 Å². The average Bonchev–Trinajstić information content (AvgIpc) is 3.24. The smallest absolute Gasteiger partial charge is 0.225 e. The van der Waals surface area contributed by atoms with E-state index in [-0.39, 0.29) is 16.6 Å². The second-order valence-corrected chi connectivity index (χ2v) is 13.6. The lowest BCUT2D eigenvalue weighted by Crippen LogP contribution is -2.54. The van der Waals surface area contributed by atoms with E-state index in [0.717, 1.165) is 57.7 Å². The van der Waals surface area contributed by atoms with Crippen LogP contribution in [-0.4, -0.2) is 59.2 Å². The van der Waals surface area contributed by atoms with Gasteiger partial charge in [0.25, 0.3) is 0 Å². The molecule has 0 aromatic heterocycles. The highest BCUT2D eigenvalue weighted by atomic mass is 32.2. The van der Waals surface area contributed by atoms with E-state index in [9.17, 15) is 17.8 Å². The van der Waals surface area contributed by atoms with Gasteiger partial charge in [-0.25, -0.2) is 8.78 Å². The summed E-state index contributed by atoms with van der Waals surface area (Å²) in [6, 6.07) is 12.3. The number of carbonyl (C=O) groups excluding carboxylic acids is 1. The highest BCUT2D eigenvalue weighted by molar-refractivity contribution is 7.85. The monoisotopic (exact) mass is 556 g/mol. The zero-order valence-corrected chi connectivity index (χ0v) is 23.3. The van der Waals surface area contributed by atoms with Gasteiger partial charge in [0.15, 0.2) is 11.6 Å². The molecule has 4 aliphatic rings. The highest BCUT2D eigenvalue weighted by Crippen LogP contribution is 2.47. The molecule has 39 heavy (non-hydrogen) atoms. The molecule has 0 N–H and O–H groups in total. The minimum atomic E-state index is -0.916. The molecular weight excluding hydrogens is 518 g/mol. The number of amides is 1. The summed E-state index contributed by atoms with van der Waals surface area (Å²) in [7, 11) is -0.916. The Labute approximate surface area is 232 Å². The number of carbonyl (C=O) groups is 1. The van der Waals surface area contributed by atoms with Crippen molar-refractivity contribution in [1.82, 2.24) is 9.80 Å². The summed E-state index contributed by atoms with van der Waals surface area (Å²) in [4.78, 5) is 17.7. The molecule has 1 aliphatic carbocycles. The Morgan fingerprint density at radius 1 is 1.00 bits per heavy atom. The van der Waals surface area contributed by atoms with Crippen molar-refractivity contribution < 1.29 is 22.5 Å². The number of piperidine rings is 1. The molecule has 1 saturated carbocycles. The van der Waals surface area contributed by atoms with Crippen molar-refractivity contribution in [3.8, 4) is 0 Å². The lowest BCUT2D eigenvalue weighted by molar-refractivity contribution is -0.159. The highest BCUT2D eigenvalue weighted by Gasteiger charge is 2.47. The number of fused-ring (bicyclic) bond motifs is 2. The van der Waals surface area contributed by atoms with Gasteiger partial charge in [-0.05, 0) is 74.0 Å². The number of benzene rings is 2. The second-order valence-electron chi connectivity index (χ2n) is 11.8. The molecule has 1 unspecified atom stereocenters. The molecule has 3 aliphatic heterocycles. The summed E-state index contributed by atoms with van der Waals surface area (Å²) in [5.74, 6) is -0.923. The first-order valence-electron chi connectivity index (χ1n) is 14.5. The summed E-state index contributed by atoms with van der Waals surface area (Å²) >= 11 is 0.